The number of ether oxygens (including phenoxy) is 2. The zero-order valence-electron chi connectivity index (χ0n) is 7.98. The molecule has 0 saturated carbocycles. The van der Waals surface area contributed by atoms with Gasteiger partial charge in [0.05, 0.1) is 19.8 Å². The van der Waals surface area contributed by atoms with Crippen molar-refractivity contribution < 1.29 is 9.47 Å². The van der Waals surface area contributed by atoms with Crippen molar-refractivity contribution in [3.63, 3.8) is 0 Å². The van der Waals surface area contributed by atoms with Crippen molar-refractivity contribution in [3.8, 4) is 0 Å². The minimum atomic E-state index is -0.820. The molecular weight excluding hydrogens is 180 g/mol. The zero-order chi connectivity index (χ0) is 9.86. The van der Waals surface area contributed by atoms with Crippen molar-refractivity contribution in [2.24, 2.45) is 5.73 Å². The van der Waals surface area contributed by atoms with Crippen LogP contribution in [0.15, 0.2) is 24.4 Å². The molecule has 4 nitrogen and oxygen atoms in total. The molecule has 2 N–H and O–H groups in total. The van der Waals surface area contributed by atoms with E-state index in [2.05, 4.69) is 4.98 Å². The average Bonchev–Trinajstić information content (AvgIpc) is 2.31. The third kappa shape index (κ3) is 1.64. The van der Waals surface area contributed by atoms with Gasteiger partial charge in [0.2, 0.25) is 5.79 Å². The highest BCUT2D eigenvalue weighted by Gasteiger charge is 2.36. The molecule has 0 aliphatic carbocycles. The second-order valence-corrected chi connectivity index (χ2v) is 3.22. The fourth-order valence-electron chi connectivity index (χ4n) is 1.53. The molecule has 0 aromatic carbocycles. The van der Waals surface area contributed by atoms with Gasteiger partial charge < -0.3 is 15.2 Å². The lowest BCUT2D eigenvalue weighted by Gasteiger charge is -2.35. The lowest BCUT2D eigenvalue weighted by atomic mass is 10.1. The van der Waals surface area contributed by atoms with Crippen LogP contribution < -0.4 is 5.73 Å². The third-order valence-electron chi connectivity index (χ3n) is 2.28. The first kappa shape index (κ1) is 9.58. The topological polar surface area (TPSA) is 57.4 Å². The number of hydrogen-bond donors (Lipinski definition) is 1. The van der Waals surface area contributed by atoms with Gasteiger partial charge in [0.25, 0.3) is 0 Å². The summed E-state index contributed by atoms with van der Waals surface area (Å²) in [7, 11) is 0. The Bertz CT molecular complexity index is 283. The first-order valence-electron chi connectivity index (χ1n) is 4.77. The van der Waals surface area contributed by atoms with Gasteiger partial charge in [-0.1, -0.05) is 6.07 Å². The number of pyridine rings is 1. The van der Waals surface area contributed by atoms with Crippen LogP contribution in [0.5, 0.6) is 0 Å². The smallest absolute Gasteiger partial charge is 0.225 e. The molecule has 1 aliphatic rings. The van der Waals surface area contributed by atoms with Gasteiger partial charge in [-0.2, -0.15) is 0 Å². The van der Waals surface area contributed by atoms with E-state index in [1.807, 2.05) is 18.2 Å². The molecule has 1 aromatic rings. The molecule has 0 atom stereocenters. The molecule has 1 fully saturated rings. The first-order valence-corrected chi connectivity index (χ1v) is 4.77. The Balaban J connectivity index is 2.27. The van der Waals surface area contributed by atoms with Crippen LogP contribution in [0.2, 0.25) is 0 Å². The highest BCUT2D eigenvalue weighted by molar-refractivity contribution is 5.11. The Morgan fingerprint density at radius 2 is 2.14 bits per heavy atom. The molecule has 0 bridgehead atoms. The summed E-state index contributed by atoms with van der Waals surface area (Å²) in [4.78, 5) is 4.22. The van der Waals surface area contributed by atoms with E-state index in [-0.39, 0.29) is 0 Å². The van der Waals surface area contributed by atoms with Gasteiger partial charge in [0, 0.05) is 6.20 Å². The molecular formula is C10H14N2O2. The molecule has 14 heavy (non-hydrogen) atoms. The Labute approximate surface area is 83.0 Å². The fourth-order valence-corrected chi connectivity index (χ4v) is 1.53. The maximum atomic E-state index is 5.68. The number of nitrogens with zero attached hydrogens (tertiary/aromatic N) is 1. The van der Waals surface area contributed by atoms with Crippen LogP contribution in [0.25, 0.3) is 0 Å². The summed E-state index contributed by atoms with van der Waals surface area (Å²) < 4.78 is 11.2. The van der Waals surface area contributed by atoms with E-state index in [4.69, 9.17) is 15.2 Å². The van der Waals surface area contributed by atoms with E-state index in [0.29, 0.717) is 19.8 Å². The standard InChI is InChI=1S/C10H14N2O2/c11-8-10(13-6-3-7-14-10)9-4-1-2-5-12-9/h1-2,4-5H,3,6-8,11H2. The van der Waals surface area contributed by atoms with Crippen LogP contribution in [-0.4, -0.2) is 24.7 Å². The van der Waals surface area contributed by atoms with E-state index >= 15 is 0 Å². The highest BCUT2D eigenvalue weighted by Crippen LogP contribution is 2.27. The van der Waals surface area contributed by atoms with E-state index < -0.39 is 5.79 Å². The summed E-state index contributed by atoms with van der Waals surface area (Å²) >= 11 is 0. The minimum absolute atomic E-state index is 0.296. The highest BCUT2D eigenvalue weighted by atomic mass is 16.7. The van der Waals surface area contributed by atoms with Crippen LogP contribution in [0.3, 0.4) is 0 Å². The van der Waals surface area contributed by atoms with Gasteiger partial charge in [0.1, 0.15) is 5.69 Å². The molecule has 2 rings (SSSR count). The summed E-state index contributed by atoms with van der Waals surface area (Å²) in [5.41, 5.74) is 6.43. The van der Waals surface area contributed by atoms with Crippen LogP contribution in [0, 0.1) is 0 Å². The number of nitrogens with two attached hydrogens (primary N) is 1. The van der Waals surface area contributed by atoms with Crippen LogP contribution in [-0.2, 0) is 15.3 Å². The van der Waals surface area contributed by atoms with Gasteiger partial charge in [-0.15, -0.1) is 0 Å². The minimum Gasteiger partial charge on any atom is -0.344 e. The second-order valence-electron chi connectivity index (χ2n) is 3.22. The zero-order valence-corrected chi connectivity index (χ0v) is 7.98. The largest absolute Gasteiger partial charge is 0.344 e. The summed E-state index contributed by atoms with van der Waals surface area (Å²) in [6, 6.07) is 5.63. The quantitative estimate of drug-likeness (QED) is 0.750. The second kappa shape index (κ2) is 4.04. The monoisotopic (exact) mass is 194 g/mol. The van der Waals surface area contributed by atoms with E-state index in [9.17, 15) is 0 Å². The van der Waals surface area contributed by atoms with E-state index in [0.717, 1.165) is 12.1 Å². The maximum Gasteiger partial charge on any atom is 0.225 e. The normalized spacial score (nSPS) is 20.6. The van der Waals surface area contributed by atoms with Gasteiger partial charge >= 0.3 is 0 Å². The van der Waals surface area contributed by atoms with E-state index in [1.54, 1.807) is 6.20 Å². The lowest BCUT2D eigenvalue weighted by Crippen LogP contribution is -2.44. The average molecular weight is 194 g/mol. The Hall–Kier alpha value is -0.970. The molecule has 4 heteroatoms. The van der Waals surface area contributed by atoms with Crippen LogP contribution in [0.4, 0.5) is 0 Å². The summed E-state index contributed by atoms with van der Waals surface area (Å²) in [5, 5.41) is 0. The Morgan fingerprint density at radius 3 is 2.71 bits per heavy atom. The SMILES string of the molecule is NCC1(c2ccccn2)OCCCO1. The summed E-state index contributed by atoms with van der Waals surface area (Å²) in [6.45, 7) is 1.64. The predicted octanol–water partition coefficient (Wildman–Crippen LogP) is 0.630. The number of rotatable bonds is 2. The summed E-state index contributed by atoms with van der Waals surface area (Å²) in [5.74, 6) is -0.820. The van der Waals surface area contributed by atoms with Crippen LogP contribution in [0.1, 0.15) is 12.1 Å². The van der Waals surface area contributed by atoms with Gasteiger partial charge in [-0.25, -0.2) is 0 Å². The van der Waals surface area contributed by atoms with Gasteiger partial charge in [0.15, 0.2) is 0 Å². The molecule has 0 radical (unpaired) electrons. The van der Waals surface area contributed by atoms with Crippen molar-refractivity contribution in [1.82, 2.24) is 4.98 Å². The van der Waals surface area contributed by atoms with Crippen molar-refractivity contribution in [3.05, 3.63) is 30.1 Å². The fraction of sp³-hybridized carbons (Fsp3) is 0.500. The molecule has 76 valence electrons. The Morgan fingerprint density at radius 1 is 1.36 bits per heavy atom. The molecule has 0 unspecified atom stereocenters. The van der Waals surface area contributed by atoms with Crippen molar-refractivity contribution >= 4 is 0 Å². The molecule has 1 saturated heterocycles. The van der Waals surface area contributed by atoms with Crippen molar-refractivity contribution in [1.29, 1.82) is 0 Å². The molecule has 1 aromatic heterocycles. The maximum absolute atomic E-state index is 5.68. The first-order chi connectivity index (χ1) is 6.87. The number of hydrogen-bond acceptors (Lipinski definition) is 4. The molecule has 0 amide bonds. The van der Waals surface area contributed by atoms with E-state index in [1.165, 1.54) is 0 Å². The Kier molecular flexibility index (Phi) is 2.77. The lowest BCUT2D eigenvalue weighted by molar-refractivity contribution is -0.271. The molecule has 2 heterocycles. The summed E-state index contributed by atoms with van der Waals surface area (Å²) in [6.07, 6.45) is 2.63. The van der Waals surface area contributed by atoms with Gasteiger partial charge in [-0.05, 0) is 18.6 Å². The third-order valence-corrected chi connectivity index (χ3v) is 2.28. The van der Waals surface area contributed by atoms with Crippen molar-refractivity contribution in [2.75, 3.05) is 19.8 Å². The van der Waals surface area contributed by atoms with Crippen LogP contribution >= 0.6 is 0 Å². The predicted molar refractivity (Wildman–Crippen MR) is 51.5 cm³/mol. The molecule has 1 aliphatic heterocycles. The molecule has 0 spiro atoms. The van der Waals surface area contributed by atoms with Gasteiger partial charge in [-0.3, -0.25) is 4.98 Å². The van der Waals surface area contributed by atoms with Crippen molar-refractivity contribution in [2.45, 2.75) is 12.2 Å². The number of aromatic nitrogens is 1.